The van der Waals surface area contributed by atoms with E-state index in [1.54, 1.807) is 24.0 Å². The molecule has 0 spiro atoms. The van der Waals surface area contributed by atoms with Crippen molar-refractivity contribution < 1.29 is 0 Å². The van der Waals surface area contributed by atoms with E-state index in [1.165, 1.54) is 10.5 Å². The Morgan fingerprint density at radius 3 is 2.53 bits per heavy atom. The Kier molecular flexibility index (Phi) is 4.29. The normalized spacial score (nSPS) is 10.2. The first-order chi connectivity index (χ1) is 8.28. The van der Waals surface area contributed by atoms with Crippen molar-refractivity contribution in [1.29, 1.82) is 0 Å². The molecule has 0 radical (unpaired) electrons. The van der Waals surface area contributed by atoms with Gasteiger partial charge in [0.15, 0.2) is 0 Å². The second-order valence-corrected chi connectivity index (χ2v) is 4.84. The smallest absolute Gasteiger partial charge is 0.129 e. The van der Waals surface area contributed by atoms with Crippen molar-refractivity contribution in [3.63, 3.8) is 0 Å². The van der Waals surface area contributed by atoms with Crippen LogP contribution >= 0.6 is 23.4 Å². The highest BCUT2D eigenvalue weighted by molar-refractivity contribution is 7.98. The Morgan fingerprint density at radius 1 is 1.18 bits per heavy atom. The monoisotopic (exact) mass is 264 g/mol. The lowest BCUT2D eigenvalue weighted by Gasteiger charge is -2.06. The van der Waals surface area contributed by atoms with Crippen LogP contribution in [0.25, 0.3) is 0 Å². The Labute approximate surface area is 110 Å². The molecule has 0 saturated carbocycles. The third-order valence-electron chi connectivity index (χ3n) is 2.38. The molecule has 0 aliphatic carbocycles. The quantitative estimate of drug-likeness (QED) is 0.666. The molecule has 0 amide bonds. The number of benzene rings is 1. The zero-order valence-corrected chi connectivity index (χ0v) is 11.1. The summed E-state index contributed by atoms with van der Waals surface area (Å²) in [6.07, 6.45) is 3.81. The van der Waals surface area contributed by atoms with Gasteiger partial charge in [-0.05, 0) is 36.1 Å². The highest BCUT2D eigenvalue weighted by Crippen LogP contribution is 2.16. The maximum Gasteiger partial charge on any atom is 0.129 e. The first-order valence-electron chi connectivity index (χ1n) is 5.26. The van der Waals surface area contributed by atoms with E-state index >= 15 is 0 Å². The van der Waals surface area contributed by atoms with E-state index in [2.05, 4.69) is 40.8 Å². The summed E-state index contributed by atoms with van der Waals surface area (Å²) < 4.78 is 0. The average Bonchev–Trinajstić information content (AvgIpc) is 2.39. The first kappa shape index (κ1) is 12.3. The maximum absolute atomic E-state index is 5.72. The zero-order valence-electron chi connectivity index (χ0n) is 9.48. The molecule has 4 heteroatoms. The number of halogens is 1. The van der Waals surface area contributed by atoms with Crippen molar-refractivity contribution in [3.8, 4) is 0 Å². The third-order valence-corrected chi connectivity index (χ3v) is 3.35. The largest absolute Gasteiger partial charge is 0.380 e. The molecule has 0 saturated heterocycles. The summed E-state index contributed by atoms with van der Waals surface area (Å²) in [6, 6.07) is 12.2. The number of rotatable bonds is 4. The van der Waals surface area contributed by atoms with E-state index in [0.29, 0.717) is 5.15 Å². The fourth-order valence-electron chi connectivity index (χ4n) is 1.43. The molecule has 0 unspecified atom stereocenters. The predicted octanol–water partition coefficient (Wildman–Crippen LogP) is 4.07. The van der Waals surface area contributed by atoms with E-state index in [1.807, 2.05) is 6.07 Å². The van der Waals surface area contributed by atoms with E-state index in [9.17, 15) is 0 Å². The Balaban J connectivity index is 1.95. The summed E-state index contributed by atoms with van der Waals surface area (Å²) in [6.45, 7) is 0.790. The van der Waals surface area contributed by atoms with Gasteiger partial charge in [0.05, 0.1) is 11.9 Å². The van der Waals surface area contributed by atoms with E-state index < -0.39 is 0 Å². The number of nitrogens with one attached hydrogen (secondary N) is 1. The minimum absolute atomic E-state index is 0.514. The molecule has 0 fully saturated rings. The first-order valence-corrected chi connectivity index (χ1v) is 6.86. The lowest BCUT2D eigenvalue weighted by molar-refractivity contribution is 1.13. The van der Waals surface area contributed by atoms with Crippen LogP contribution in [0.4, 0.5) is 5.69 Å². The van der Waals surface area contributed by atoms with Crippen molar-refractivity contribution in [2.45, 2.75) is 11.4 Å². The molecule has 2 nitrogen and oxygen atoms in total. The van der Waals surface area contributed by atoms with Gasteiger partial charge in [0.1, 0.15) is 5.15 Å². The molecule has 1 N–H and O–H groups in total. The van der Waals surface area contributed by atoms with Gasteiger partial charge in [0.25, 0.3) is 0 Å². The Hall–Kier alpha value is -1.19. The van der Waals surface area contributed by atoms with Gasteiger partial charge >= 0.3 is 0 Å². The lowest BCUT2D eigenvalue weighted by Crippen LogP contribution is -1.99. The lowest BCUT2D eigenvalue weighted by atomic mass is 10.2. The summed E-state index contributed by atoms with van der Waals surface area (Å²) >= 11 is 7.47. The van der Waals surface area contributed by atoms with Crippen LogP contribution in [0.5, 0.6) is 0 Å². The van der Waals surface area contributed by atoms with Crippen molar-refractivity contribution >= 4 is 29.1 Å². The van der Waals surface area contributed by atoms with Gasteiger partial charge in [-0.2, -0.15) is 0 Å². The number of anilines is 1. The molecule has 1 heterocycles. The number of pyridine rings is 1. The van der Waals surface area contributed by atoms with Crippen molar-refractivity contribution in [2.75, 3.05) is 11.6 Å². The van der Waals surface area contributed by atoms with Gasteiger partial charge in [0.2, 0.25) is 0 Å². The molecular formula is C13H13ClN2S. The van der Waals surface area contributed by atoms with Crippen LogP contribution in [0.15, 0.2) is 47.5 Å². The minimum atomic E-state index is 0.514. The molecule has 88 valence electrons. The summed E-state index contributed by atoms with van der Waals surface area (Å²) in [5.41, 5.74) is 2.22. The maximum atomic E-state index is 5.72. The van der Waals surface area contributed by atoms with Crippen molar-refractivity contribution in [2.24, 2.45) is 0 Å². The molecular weight excluding hydrogens is 252 g/mol. The molecule has 1 aromatic heterocycles. The summed E-state index contributed by atoms with van der Waals surface area (Å²) in [5.74, 6) is 0. The van der Waals surface area contributed by atoms with Gasteiger partial charge in [-0.25, -0.2) is 4.98 Å². The highest BCUT2D eigenvalue weighted by atomic mass is 35.5. The van der Waals surface area contributed by atoms with Crippen molar-refractivity contribution in [3.05, 3.63) is 53.3 Å². The minimum Gasteiger partial charge on any atom is -0.380 e. The second kappa shape index (κ2) is 5.94. The topological polar surface area (TPSA) is 24.9 Å². The van der Waals surface area contributed by atoms with Crippen LogP contribution in [-0.4, -0.2) is 11.2 Å². The summed E-state index contributed by atoms with van der Waals surface area (Å²) in [4.78, 5) is 5.30. The number of thioether (sulfide) groups is 1. The number of hydrogen-bond donors (Lipinski definition) is 1. The van der Waals surface area contributed by atoms with Crippen LogP contribution in [-0.2, 0) is 6.54 Å². The third kappa shape index (κ3) is 3.65. The predicted molar refractivity (Wildman–Crippen MR) is 74.8 cm³/mol. The molecule has 0 aliphatic rings. The van der Waals surface area contributed by atoms with Gasteiger partial charge in [-0.3, -0.25) is 0 Å². The Bertz CT molecular complexity index is 468. The SMILES string of the molecule is CSc1ccc(CNc2ccc(Cl)nc2)cc1. The van der Waals surface area contributed by atoms with Crippen LogP contribution in [0.2, 0.25) is 5.15 Å². The zero-order chi connectivity index (χ0) is 12.1. The Morgan fingerprint density at radius 2 is 1.94 bits per heavy atom. The molecule has 1 aromatic carbocycles. The van der Waals surface area contributed by atoms with Gasteiger partial charge in [-0.1, -0.05) is 23.7 Å². The number of aromatic nitrogens is 1. The molecule has 0 aliphatic heterocycles. The van der Waals surface area contributed by atoms with Crippen LogP contribution in [0.3, 0.4) is 0 Å². The summed E-state index contributed by atoms with van der Waals surface area (Å²) in [7, 11) is 0. The van der Waals surface area contributed by atoms with Gasteiger partial charge in [0, 0.05) is 11.4 Å². The van der Waals surface area contributed by atoms with Gasteiger partial charge in [-0.15, -0.1) is 11.8 Å². The average molecular weight is 265 g/mol. The standard InChI is InChI=1S/C13H13ClN2S/c1-17-12-5-2-10(3-6-12)8-15-11-4-7-13(14)16-9-11/h2-7,9,15H,8H2,1H3. The molecule has 0 bridgehead atoms. The number of hydrogen-bond acceptors (Lipinski definition) is 3. The van der Waals surface area contributed by atoms with Crippen LogP contribution < -0.4 is 5.32 Å². The van der Waals surface area contributed by atoms with Gasteiger partial charge < -0.3 is 5.32 Å². The highest BCUT2D eigenvalue weighted by Gasteiger charge is 1.96. The molecule has 17 heavy (non-hydrogen) atoms. The molecule has 2 rings (SSSR count). The second-order valence-electron chi connectivity index (χ2n) is 3.57. The fraction of sp³-hybridized carbons (Fsp3) is 0.154. The van der Waals surface area contributed by atoms with Crippen molar-refractivity contribution in [1.82, 2.24) is 4.98 Å². The molecule has 0 atom stereocenters. The van der Waals surface area contributed by atoms with E-state index in [0.717, 1.165) is 12.2 Å². The number of nitrogens with zero attached hydrogens (tertiary/aromatic N) is 1. The van der Waals surface area contributed by atoms with E-state index in [4.69, 9.17) is 11.6 Å². The summed E-state index contributed by atoms with van der Waals surface area (Å²) in [5, 5.41) is 3.81. The molecule has 2 aromatic rings. The van der Waals surface area contributed by atoms with Crippen LogP contribution in [0.1, 0.15) is 5.56 Å². The van der Waals surface area contributed by atoms with Crippen LogP contribution in [0, 0.1) is 0 Å². The fourth-order valence-corrected chi connectivity index (χ4v) is 1.95. The van der Waals surface area contributed by atoms with E-state index in [-0.39, 0.29) is 0 Å².